The first-order valence-electron chi connectivity index (χ1n) is 4.75. The summed E-state index contributed by atoms with van der Waals surface area (Å²) in [6, 6.07) is 3.10. The molecule has 0 heterocycles. The second kappa shape index (κ2) is 5.31. The Hall–Kier alpha value is -1.36. The van der Waals surface area contributed by atoms with Crippen molar-refractivity contribution in [3.63, 3.8) is 0 Å². The quantitative estimate of drug-likeness (QED) is 0.558. The van der Waals surface area contributed by atoms with Crippen LogP contribution in [0.15, 0.2) is 17.1 Å². The highest BCUT2D eigenvalue weighted by Gasteiger charge is 2.11. The normalized spacial score (nSPS) is 12.0. The molecule has 0 spiro atoms. The summed E-state index contributed by atoms with van der Waals surface area (Å²) >= 11 is 0. The average molecular weight is 259 g/mol. The molecule has 0 aliphatic heterocycles. The van der Waals surface area contributed by atoms with Crippen LogP contribution >= 0.6 is 7.60 Å². The van der Waals surface area contributed by atoms with Crippen LogP contribution in [-0.4, -0.2) is 34.5 Å². The Morgan fingerprint density at radius 2 is 2.12 bits per heavy atom. The van der Waals surface area contributed by atoms with E-state index < -0.39 is 13.9 Å². The highest BCUT2D eigenvalue weighted by molar-refractivity contribution is 7.51. The number of phenolic OH excluding ortho intramolecular Hbond substituents is 1. The third-order valence-corrected chi connectivity index (χ3v) is 2.59. The van der Waals surface area contributed by atoms with Crippen molar-refractivity contribution in [2.75, 3.05) is 13.4 Å². The molecular weight excluding hydrogens is 245 g/mol. The number of hydrogen-bond acceptors (Lipinski definition) is 4. The summed E-state index contributed by atoms with van der Waals surface area (Å²) in [7, 11) is -2.67. The van der Waals surface area contributed by atoms with E-state index in [-0.39, 0.29) is 5.75 Å². The molecule has 0 fully saturated rings. The highest BCUT2D eigenvalue weighted by Crippen LogP contribution is 2.34. The zero-order chi connectivity index (χ0) is 13.1. The van der Waals surface area contributed by atoms with E-state index in [2.05, 4.69) is 4.99 Å². The third kappa shape index (κ3) is 4.19. The molecule has 7 heteroatoms. The maximum atomic E-state index is 10.6. The summed E-state index contributed by atoms with van der Waals surface area (Å²) < 4.78 is 15.6. The molecule has 0 saturated carbocycles. The molecule has 0 atom stereocenters. The molecular formula is C10H14NO5P. The van der Waals surface area contributed by atoms with Gasteiger partial charge in [-0.1, -0.05) is 0 Å². The summed E-state index contributed by atoms with van der Waals surface area (Å²) in [5, 5.41) is 9.67. The highest BCUT2D eigenvalue weighted by atomic mass is 31.2. The van der Waals surface area contributed by atoms with E-state index in [0.29, 0.717) is 16.9 Å². The summed E-state index contributed by atoms with van der Waals surface area (Å²) in [4.78, 5) is 20.9. The standard InChI is InChI=1S/C10H14NO5P/c1-7-3-8(16-2)4-10(12)9(7)5-11-6-17(13,14)15/h3-5,12H,6H2,1-2H3,(H2,13,14,15)/b11-5+. The lowest BCUT2D eigenvalue weighted by Gasteiger charge is -2.07. The van der Waals surface area contributed by atoms with Crippen molar-refractivity contribution in [3.8, 4) is 11.5 Å². The first-order chi connectivity index (χ1) is 7.83. The van der Waals surface area contributed by atoms with Gasteiger partial charge in [0.2, 0.25) is 0 Å². The second-order valence-corrected chi connectivity index (χ2v) is 5.11. The molecule has 1 rings (SSSR count). The van der Waals surface area contributed by atoms with E-state index in [0.717, 1.165) is 0 Å². The van der Waals surface area contributed by atoms with Gasteiger partial charge >= 0.3 is 7.60 Å². The largest absolute Gasteiger partial charge is 0.507 e. The second-order valence-electron chi connectivity index (χ2n) is 3.49. The Bertz CT molecular complexity index is 457. The number of benzene rings is 1. The lowest BCUT2D eigenvalue weighted by atomic mass is 10.1. The molecule has 94 valence electrons. The molecule has 0 radical (unpaired) electrons. The van der Waals surface area contributed by atoms with Gasteiger partial charge in [-0.25, -0.2) is 0 Å². The van der Waals surface area contributed by atoms with Crippen molar-refractivity contribution in [3.05, 3.63) is 23.3 Å². The molecule has 0 aromatic heterocycles. The van der Waals surface area contributed by atoms with Crippen LogP contribution in [0.3, 0.4) is 0 Å². The van der Waals surface area contributed by atoms with Crippen molar-refractivity contribution in [1.29, 1.82) is 0 Å². The van der Waals surface area contributed by atoms with Crippen LogP contribution in [0.4, 0.5) is 0 Å². The predicted octanol–water partition coefficient (Wildman–Crippen LogP) is 1.26. The minimum atomic E-state index is -4.15. The Morgan fingerprint density at radius 3 is 2.59 bits per heavy atom. The van der Waals surface area contributed by atoms with Crippen LogP contribution in [0.25, 0.3) is 0 Å². The van der Waals surface area contributed by atoms with Crippen molar-refractivity contribution in [2.45, 2.75) is 6.92 Å². The van der Waals surface area contributed by atoms with Gasteiger partial charge in [0.1, 0.15) is 17.8 Å². The number of aryl methyl sites for hydroxylation is 1. The van der Waals surface area contributed by atoms with Crippen molar-refractivity contribution in [2.24, 2.45) is 4.99 Å². The van der Waals surface area contributed by atoms with E-state index in [1.807, 2.05) is 0 Å². The number of rotatable bonds is 4. The molecule has 6 nitrogen and oxygen atoms in total. The fraction of sp³-hybridized carbons (Fsp3) is 0.300. The molecule has 0 unspecified atom stereocenters. The van der Waals surface area contributed by atoms with Crippen LogP contribution < -0.4 is 4.74 Å². The molecule has 0 saturated heterocycles. The summed E-state index contributed by atoms with van der Waals surface area (Å²) in [5.41, 5.74) is 1.12. The Labute approximate surface area is 98.7 Å². The van der Waals surface area contributed by atoms with E-state index >= 15 is 0 Å². The number of methoxy groups -OCH3 is 1. The minimum absolute atomic E-state index is 0.0451. The Morgan fingerprint density at radius 1 is 1.47 bits per heavy atom. The summed E-state index contributed by atoms with van der Waals surface area (Å²) in [6.45, 7) is 1.74. The summed E-state index contributed by atoms with van der Waals surface area (Å²) in [5.74, 6) is 0.462. The maximum absolute atomic E-state index is 10.6. The predicted molar refractivity (Wildman–Crippen MR) is 63.9 cm³/mol. The Kier molecular flexibility index (Phi) is 4.28. The zero-order valence-corrected chi connectivity index (χ0v) is 10.4. The summed E-state index contributed by atoms with van der Waals surface area (Å²) in [6.07, 6.45) is 0.640. The monoisotopic (exact) mass is 259 g/mol. The number of hydrogen-bond donors (Lipinski definition) is 3. The van der Waals surface area contributed by atoms with E-state index in [1.165, 1.54) is 19.4 Å². The van der Waals surface area contributed by atoms with Gasteiger partial charge in [0.15, 0.2) is 0 Å². The number of aliphatic imine (C=N–C) groups is 1. The Balaban J connectivity index is 2.96. The lowest BCUT2D eigenvalue weighted by molar-refractivity contribution is 0.374. The third-order valence-electron chi connectivity index (χ3n) is 2.06. The van der Waals surface area contributed by atoms with Gasteiger partial charge < -0.3 is 19.6 Å². The molecule has 0 bridgehead atoms. The fourth-order valence-electron chi connectivity index (χ4n) is 1.27. The smallest absolute Gasteiger partial charge is 0.346 e. The van der Waals surface area contributed by atoms with Gasteiger partial charge in [-0.2, -0.15) is 0 Å². The van der Waals surface area contributed by atoms with Gasteiger partial charge in [-0.3, -0.25) is 9.56 Å². The van der Waals surface area contributed by atoms with Crippen LogP contribution in [0, 0.1) is 6.92 Å². The van der Waals surface area contributed by atoms with Gasteiger partial charge in [-0.15, -0.1) is 0 Å². The molecule has 1 aromatic carbocycles. The topological polar surface area (TPSA) is 99.4 Å². The number of phenols is 1. The lowest BCUT2D eigenvalue weighted by Crippen LogP contribution is -1.92. The fourth-order valence-corrected chi connectivity index (χ4v) is 1.57. The van der Waals surface area contributed by atoms with Crippen molar-refractivity contribution >= 4 is 13.8 Å². The van der Waals surface area contributed by atoms with E-state index in [4.69, 9.17) is 14.5 Å². The zero-order valence-electron chi connectivity index (χ0n) is 9.49. The maximum Gasteiger partial charge on any atom is 0.346 e. The minimum Gasteiger partial charge on any atom is -0.507 e. The van der Waals surface area contributed by atoms with Gasteiger partial charge in [0.05, 0.1) is 7.11 Å². The number of ether oxygens (including phenoxy) is 1. The first kappa shape index (κ1) is 13.7. The molecule has 0 aliphatic carbocycles. The van der Waals surface area contributed by atoms with E-state index in [1.54, 1.807) is 13.0 Å². The van der Waals surface area contributed by atoms with Crippen molar-refractivity contribution in [1.82, 2.24) is 0 Å². The molecule has 17 heavy (non-hydrogen) atoms. The van der Waals surface area contributed by atoms with Gasteiger partial charge in [0.25, 0.3) is 0 Å². The SMILES string of the molecule is COc1cc(C)c(/C=N/CP(=O)(O)O)c(O)c1. The number of nitrogens with zero attached hydrogens (tertiary/aromatic N) is 1. The van der Waals surface area contributed by atoms with Gasteiger partial charge in [-0.05, 0) is 18.6 Å². The van der Waals surface area contributed by atoms with Crippen LogP contribution in [0.5, 0.6) is 11.5 Å². The van der Waals surface area contributed by atoms with Crippen molar-refractivity contribution < 1.29 is 24.2 Å². The number of aromatic hydroxyl groups is 1. The van der Waals surface area contributed by atoms with E-state index in [9.17, 15) is 9.67 Å². The van der Waals surface area contributed by atoms with Gasteiger partial charge in [0, 0.05) is 17.8 Å². The van der Waals surface area contributed by atoms with Crippen LogP contribution in [0.2, 0.25) is 0 Å². The first-order valence-corrected chi connectivity index (χ1v) is 6.55. The van der Waals surface area contributed by atoms with Crippen LogP contribution in [0.1, 0.15) is 11.1 Å². The molecule has 1 aromatic rings. The van der Waals surface area contributed by atoms with Crippen LogP contribution in [-0.2, 0) is 4.57 Å². The average Bonchev–Trinajstić information content (AvgIpc) is 2.20. The molecule has 0 aliphatic rings. The molecule has 0 amide bonds. The molecule has 3 N–H and O–H groups in total.